The van der Waals surface area contributed by atoms with Crippen molar-refractivity contribution in [1.29, 1.82) is 0 Å². The predicted octanol–water partition coefficient (Wildman–Crippen LogP) is 0.859. The Hall–Kier alpha value is -0.910. The van der Waals surface area contributed by atoms with Crippen molar-refractivity contribution < 1.29 is 9.47 Å². The predicted molar refractivity (Wildman–Crippen MR) is 62.3 cm³/mol. The highest BCUT2D eigenvalue weighted by Crippen LogP contribution is 2.04. The Morgan fingerprint density at radius 2 is 2.19 bits per heavy atom. The number of hydrogen-bond donors (Lipinski definition) is 2. The molecule has 5 heteroatoms. The molecule has 0 saturated carbocycles. The molecule has 0 fully saturated rings. The Kier molecular flexibility index (Phi) is 6.07. The first-order chi connectivity index (χ1) is 7.77. The molecule has 1 heterocycles. The quantitative estimate of drug-likeness (QED) is 0.511. The average molecular weight is 227 g/mol. The van der Waals surface area contributed by atoms with Crippen LogP contribution in [0.1, 0.15) is 17.7 Å². The molecule has 1 rings (SSSR count). The molecule has 0 aliphatic heterocycles. The second-order valence-corrected chi connectivity index (χ2v) is 3.73. The fraction of sp³-hybridized carbons (Fsp3) is 0.727. The monoisotopic (exact) mass is 227 g/mol. The zero-order valence-corrected chi connectivity index (χ0v) is 10.2. The first-order valence-electron chi connectivity index (χ1n) is 5.53. The lowest BCUT2D eigenvalue weighted by Gasteiger charge is -2.13. The van der Waals surface area contributed by atoms with Gasteiger partial charge in [-0.25, -0.2) is 0 Å². The summed E-state index contributed by atoms with van der Waals surface area (Å²) < 4.78 is 10.1. The van der Waals surface area contributed by atoms with Gasteiger partial charge in [-0.3, -0.25) is 5.10 Å². The molecule has 0 bridgehead atoms. The second-order valence-electron chi connectivity index (χ2n) is 3.73. The molecule has 0 amide bonds. The van der Waals surface area contributed by atoms with Gasteiger partial charge in [0.1, 0.15) is 0 Å². The van der Waals surface area contributed by atoms with Crippen molar-refractivity contribution >= 4 is 0 Å². The molecule has 0 spiro atoms. The van der Waals surface area contributed by atoms with Crippen molar-refractivity contribution in [2.45, 2.75) is 26.1 Å². The maximum Gasteiger partial charge on any atom is 0.169 e. The van der Waals surface area contributed by atoms with Gasteiger partial charge in [0.15, 0.2) is 6.29 Å². The summed E-state index contributed by atoms with van der Waals surface area (Å²) in [6.07, 6.45) is 3.86. The van der Waals surface area contributed by atoms with Gasteiger partial charge in [0.2, 0.25) is 0 Å². The van der Waals surface area contributed by atoms with Crippen LogP contribution < -0.4 is 5.32 Å². The van der Waals surface area contributed by atoms with Gasteiger partial charge in [0.25, 0.3) is 0 Å². The minimum Gasteiger partial charge on any atom is -0.355 e. The van der Waals surface area contributed by atoms with E-state index in [4.69, 9.17) is 9.47 Å². The smallest absolute Gasteiger partial charge is 0.169 e. The van der Waals surface area contributed by atoms with Gasteiger partial charge >= 0.3 is 0 Å². The Morgan fingerprint density at radius 1 is 1.44 bits per heavy atom. The van der Waals surface area contributed by atoms with Gasteiger partial charge in [-0.05, 0) is 31.9 Å². The van der Waals surface area contributed by atoms with Crippen LogP contribution in [0.2, 0.25) is 0 Å². The highest BCUT2D eigenvalue weighted by Gasteiger charge is 2.03. The first-order valence-corrected chi connectivity index (χ1v) is 5.53. The number of hydrogen-bond acceptors (Lipinski definition) is 4. The highest BCUT2D eigenvalue weighted by atomic mass is 16.7. The van der Waals surface area contributed by atoms with Crippen molar-refractivity contribution in [3.05, 3.63) is 17.5 Å². The summed E-state index contributed by atoms with van der Waals surface area (Å²) in [7, 11) is 3.29. The molecule has 2 N–H and O–H groups in total. The normalized spacial score (nSPS) is 11.2. The van der Waals surface area contributed by atoms with Crippen LogP contribution in [0, 0.1) is 6.92 Å². The van der Waals surface area contributed by atoms with E-state index in [0.717, 1.165) is 31.6 Å². The Bertz CT molecular complexity index is 285. The van der Waals surface area contributed by atoms with E-state index in [-0.39, 0.29) is 6.29 Å². The SMILES string of the molecule is COC(CNCCCc1cn[nH]c1C)OC. The van der Waals surface area contributed by atoms with Crippen LogP contribution in [0.15, 0.2) is 6.20 Å². The van der Waals surface area contributed by atoms with Crippen LogP contribution >= 0.6 is 0 Å². The molecule has 0 saturated heterocycles. The largest absolute Gasteiger partial charge is 0.355 e. The summed E-state index contributed by atoms with van der Waals surface area (Å²) in [5, 5.41) is 10.2. The molecule has 0 aliphatic rings. The van der Waals surface area contributed by atoms with Crippen LogP contribution in [0.3, 0.4) is 0 Å². The number of aryl methyl sites for hydroxylation is 2. The Morgan fingerprint density at radius 3 is 2.75 bits per heavy atom. The molecule has 0 radical (unpaired) electrons. The summed E-state index contributed by atoms with van der Waals surface area (Å²) in [6, 6.07) is 0. The molecule has 1 aromatic rings. The maximum absolute atomic E-state index is 5.07. The summed E-state index contributed by atoms with van der Waals surface area (Å²) in [6.45, 7) is 3.72. The second kappa shape index (κ2) is 7.38. The fourth-order valence-corrected chi connectivity index (χ4v) is 1.51. The topological polar surface area (TPSA) is 59.2 Å². The number of aromatic amines is 1. The summed E-state index contributed by atoms with van der Waals surface area (Å²) >= 11 is 0. The molecular formula is C11H21N3O2. The summed E-state index contributed by atoms with van der Waals surface area (Å²) in [5.74, 6) is 0. The van der Waals surface area contributed by atoms with Gasteiger partial charge < -0.3 is 14.8 Å². The molecule has 5 nitrogen and oxygen atoms in total. The zero-order valence-electron chi connectivity index (χ0n) is 10.2. The van der Waals surface area contributed by atoms with E-state index in [9.17, 15) is 0 Å². The molecule has 16 heavy (non-hydrogen) atoms. The Labute approximate surface area is 96.5 Å². The van der Waals surface area contributed by atoms with Gasteiger partial charge in [-0.2, -0.15) is 5.10 Å². The molecule has 0 atom stereocenters. The minimum atomic E-state index is -0.157. The molecule has 0 aliphatic carbocycles. The average Bonchev–Trinajstić information content (AvgIpc) is 2.70. The van der Waals surface area contributed by atoms with E-state index in [1.165, 1.54) is 5.56 Å². The summed E-state index contributed by atoms with van der Waals surface area (Å²) in [5.41, 5.74) is 2.45. The number of ether oxygens (including phenoxy) is 2. The highest BCUT2D eigenvalue weighted by molar-refractivity contribution is 5.14. The van der Waals surface area contributed by atoms with E-state index in [2.05, 4.69) is 15.5 Å². The summed E-state index contributed by atoms with van der Waals surface area (Å²) in [4.78, 5) is 0. The van der Waals surface area contributed by atoms with Gasteiger partial charge in [0.05, 0.1) is 6.20 Å². The van der Waals surface area contributed by atoms with Crippen LogP contribution in [0.5, 0.6) is 0 Å². The van der Waals surface area contributed by atoms with Crippen molar-refractivity contribution in [3.8, 4) is 0 Å². The first kappa shape index (κ1) is 13.2. The minimum absolute atomic E-state index is 0.157. The number of nitrogens with zero attached hydrogens (tertiary/aromatic N) is 1. The van der Waals surface area contributed by atoms with Gasteiger partial charge in [-0.1, -0.05) is 0 Å². The molecule has 1 aromatic heterocycles. The van der Waals surface area contributed by atoms with Crippen LogP contribution in [-0.2, 0) is 15.9 Å². The van der Waals surface area contributed by atoms with Crippen LogP contribution in [0.25, 0.3) is 0 Å². The van der Waals surface area contributed by atoms with E-state index < -0.39 is 0 Å². The maximum atomic E-state index is 5.07. The van der Waals surface area contributed by atoms with E-state index in [1.807, 2.05) is 13.1 Å². The standard InChI is InChI=1S/C11H21N3O2/c1-9-10(7-13-14-9)5-4-6-12-8-11(15-2)16-3/h7,11-12H,4-6,8H2,1-3H3,(H,13,14). The third-order valence-corrected chi connectivity index (χ3v) is 2.57. The van der Waals surface area contributed by atoms with E-state index >= 15 is 0 Å². The van der Waals surface area contributed by atoms with Gasteiger partial charge in [-0.15, -0.1) is 0 Å². The van der Waals surface area contributed by atoms with Gasteiger partial charge in [0, 0.05) is 26.5 Å². The van der Waals surface area contributed by atoms with Crippen molar-refractivity contribution in [1.82, 2.24) is 15.5 Å². The van der Waals surface area contributed by atoms with Crippen LogP contribution in [0.4, 0.5) is 0 Å². The number of H-pyrrole nitrogens is 1. The lowest BCUT2D eigenvalue weighted by Crippen LogP contribution is -2.30. The number of nitrogens with one attached hydrogen (secondary N) is 2. The van der Waals surface area contributed by atoms with Crippen molar-refractivity contribution in [2.75, 3.05) is 27.3 Å². The molecule has 0 unspecified atom stereocenters. The molecule has 92 valence electrons. The van der Waals surface area contributed by atoms with E-state index in [0.29, 0.717) is 0 Å². The van der Waals surface area contributed by atoms with Crippen molar-refractivity contribution in [3.63, 3.8) is 0 Å². The number of rotatable bonds is 8. The van der Waals surface area contributed by atoms with E-state index in [1.54, 1.807) is 14.2 Å². The lowest BCUT2D eigenvalue weighted by atomic mass is 10.1. The third kappa shape index (κ3) is 4.30. The Balaban J connectivity index is 2.06. The molecular weight excluding hydrogens is 206 g/mol. The zero-order chi connectivity index (χ0) is 11.8. The fourth-order valence-electron chi connectivity index (χ4n) is 1.51. The van der Waals surface area contributed by atoms with Crippen LogP contribution in [-0.4, -0.2) is 43.8 Å². The number of methoxy groups -OCH3 is 2. The molecule has 0 aromatic carbocycles. The number of aromatic nitrogens is 2. The lowest BCUT2D eigenvalue weighted by molar-refractivity contribution is -0.0986. The third-order valence-electron chi connectivity index (χ3n) is 2.57. The van der Waals surface area contributed by atoms with Crippen molar-refractivity contribution in [2.24, 2.45) is 0 Å².